The van der Waals surface area contributed by atoms with Crippen LogP contribution in [-0.4, -0.2) is 57.3 Å². The molecule has 118 valence electrons. The summed E-state index contributed by atoms with van der Waals surface area (Å²) in [7, 11) is 0. The summed E-state index contributed by atoms with van der Waals surface area (Å²) < 4.78 is 5.96. The van der Waals surface area contributed by atoms with Gasteiger partial charge in [-0.05, 0) is 30.4 Å². The van der Waals surface area contributed by atoms with Gasteiger partial charge in [0, 0.05) is 18.9 Å². The third kappa shape index (κ3) is 1.67. The Morgan fingerprint density at radius 3 is 2.87 bits per heavy atom. The molecule has 1 amide bonds. The Morgan fingerprint density at radius 1 is 1.22 bits per heavy atom. The third-order valence-electron chi connectivity index (χ3n) is 5.30. The van der Waals surface area contributed by atoms with Crippen molar-refractivity contribution in [2.75, 3.05) is 18.1 Å². The largest absolute Gasteiger partial charge is 0.475 e. The maximum absolute atomic E-state index is 11.6. The van der Waals surface area contributed by atoms with E-state index in [-0.39, 0.29) is 18.1 Å². The molecule has 0 spiro atoms. The molecule has 2 aromatic rings. The molecule has 3 aliphatic rings. The monoisotopic (exact) mass is 312 g/mol. The minimum atomic E-state index is -0.830. The molecule has 0 aromatic carbocycles. The highest BCUT2D eigenvalue weighted by molar-refractivity contribution is 5.96. The number of ether oxygens (including phenoxy) is 1. The predicted molar refractivity (Wildman–Crippen MR) is 82.8 cm³/mol. The van der Waals surface area contributed by atoms with Crippen molar-refractivity contribution in [1.29, 1.82) is 0 Å². The van der Waals surface area contributed by atoms with Crippen LogP contribution in [0.15, 0.2) is 24.5 Å². The first kappa shape index (κ1) is 12.9. The van der Waals surface area contributed by atoms with Crippen LogP contribution in [-0.2, 0) is 0 Å². The van der Waals surface area contributed by atoms with Crippen molar-refractivity contribution in [3.63, 3.8) is 0 Å². The minimum Gasteiger partial charge on any atom is -0.475 e. The number of pyridine rings is 2. The van der Waals surface area contributed by atoms with E-state index < -0.39 is 6.09 Å². The van der Waals surface area contributed by atoms with Crippen LogP contribution in [0.2, 0.25) is 0 Å². The van der Waals surface area contributed by atoms with E-state index >= 15 is 0 Å². The molecule has 3 unspecified atom stereocenters. The highest BCUT2D eigenvalue weighted by atomic mass is 16.5. The first-order valence-electron chi connectivity index (χ1n) is 7.88. The molecule has 0 saturated carbocycles. The lowest BCUT2D eigenvalue weighted by Gasteiger charge is -2.45. The lowest BCUT2D eigenvalue weighted by Crippen LogP contribution is -2.62. The highest BCUT2D eigenvalue weighted by Crippen LogP contribution is 2.42. The van der Waals surface area contributed by atoms with Gasteiger partial charge in [-0.2, -0.15) is 0 Å². The quantitative estimate of drug-likeness (QED) is 0.798. The molecule has 2 bridgehead atoms. The Kier molecular flexibility index (Phi) is 2.51. The lowest BCUT2D eigenvalue weighted by atomic mass is 10.0. The number of carboxylic acid groups (broad SMARTS) is 1. The first-order chi connectivity index (χ1) is 11.2. The molecule has 2 fully saturated rings. The number of hydrogen-bond acceptors (Lipinski definition) is 5. The molecule has 0 aliphatic carbocycles. The summed E-state index contributed by atoms with van der Waals surface area (Å²) in [5, 5.41) is 11.5. The normalized spacial score (nSPS) is 28.3. The van der Waals surface area contributed by atoms with Gasteiger partial charge in [-0.3, -0.25) is 4.90 Å². The summed E-state index contributed by atoms with van der Waals surface area (Å²) in [6.45, 7) is 1.10. The van der Waals surface area contributed by atoms with Gasteiger partial charge in [0.1, 0.15) is 12.4 Å². The number of rotatable bonds is 0. The smallest absolute Gasteiger partial charge is 0.407 e. The van der Waals surface area contributed by atoms with Crippen LogP contribution in [0, 0.1) is 0 Å². The van der Waals surface area contributed by atoms with Crippen molar-refractivity contribution in [1.82, 2.24) is 14.9 Å². The van der Waals surface area contributed by atoms with Crippen molar-refractivity contribution >= 4 is 22.7 Å². The average molecular weight is 312 g/mol. The first-order valence-corrected chi connectivity index (χ1v) is 7.88. The van der Waals surface area contributed by atoms with Crippen LogP contribution in [0.1, 0.15) is 12.8 Å². The molecule has 2 saturated heterocycles. The van der Waals surface area contributed by atoms with E-state index in [1.807, 2.05) is 12.1 Å². The van der Waals surface area contributed by atoms with E-state index in [9.17, 15) is 9.90 Å². The standard InChI is InChI=1S/C16H16N4O3/c21-16(22)20-10-1-2-11(20)12-8-23-15-13-9(4-6-18-15)3-5-17-14(13)19(12)7-10/h3-6,10-12H,1-2,7-8H2,(H,21,22). The van der Waals surface area contributed by atoms with Crippen LogP contribution in [0.4, 0.5) is 10.6 Å². The fraction of sp³-hybridized carbons (Fsp3) is 0.438. The van der Waals surface area contributed by atoms with Crippen LogP contribution in [0.3, 0.4) is 0 Å². The summed E-state index contributed by atoms with van der Waals surface area (Å²) in [6, 6.07) is 3.88. The fourth-order valence-electron chi connectivity index (χ4n) is 4.35. The molecule has 0 radical (unpaired) electrons. The number of hydrogen-bond donors (Lipinski definition) is 1. The van der Waals surface area contributed by atoms with E-state index in [0.29, 0.717) is 19.0 Å². The molecule has 5 heterocycles. The van der Waals surface area contributed by atoms with Gasteiger partial charge in [-0.1, -0.05) is 0 Å². The highest BCUT2D eigenvalue weighted by Gasteiger charge is 2.50. The zero-order chi connectivity index (χ0) is 15.6. The van der Waals surface area contributed by atoms with Crippen LogP contribution >= 0.6 is 0 Å². The fourth-order valence-corrected chi connectivity index (χ4v) is 4.35. The summed E-state index contributed by atoms with van der Waals surface area (Å²) in [5.41, 5.74) is 0. The van der Waals surface area contributed by atoms with E-state index in [2.05, 4.69) is 14.9 Å². The maximum atomic E-state index is 11.6. The van der Waals surface area contributed by atoms with Gasteiger partial charge >= 0.3 is 6.09 Å². The summed E-state index contributed by atoms with van der Waals surface area (Å²) in [6.07, 6.45) is 4.49. The summed E-state index contributed by atoms with van der Waals surface area (Å²) >= 11 is 0. The van der Waals surface area contributed by atoms with Gasteiger partial charge < -0.3 is 14.7 Å². The zero-order valence-electron chi connectivity index (χ0n) is 12.4. The van der Waals surface area contributed by atoms with E-state index in [1.165, 1.54) is 0 Å². The average Bonchev–Trinajstić information content (AvgIpc) is 2.79. The van der Waals surface area contributed by atoms with Crippen LogP contribution < -0.4 is 9.64 Å². The number of aromatic nitrogens is 2. The van der Waals surface area contributed by atoms with Crippen molar-refractivity contribution < 1.29 is 14.6 Å². The van der Waals surface area contributed by atoms with Gasteiger partial charge in [-0.25, -0.2) is 14.8 Å². The number of piperazine rings is 1. The molecule has 2 aromatic heterocycles. The third-order valence-corrected chi connectivity index (χ3v) is 5.30. The Labute approximate surface area is 132 Å². The Morgan fingerprint density at radius 2 is 2.04 bits per heavy atom. The van der Waals surface area contributed by atoms with Crippen LogP contribution in [0.25, 0.3) is 10.8 Å². The topological polar surface area (TPSA) is 78.8 Å². The van der Waals surface area contributed by atoms with Crippen molar-refractivity contribution in [3.8, 4) is 5.88 Å². The maximum Gasteiger partial charge on any atom is 0.407 e. The van der Waals surface area contributed by atoms with E-state index in [0.717, 1.165) is 29.4 Å². The summed E-state index contributed by atoms with van der Waals surface area (Å²) in [5.74, 6) is 1.47. The van der Waals surface area contributed by atoms with Crippen molar-refractivity contribution in [3.05, 3.63) is 24.5 Å². The molecule has 3 atom stereocenters. The second kappa shape index (κ2) is 4.47. The number of anilines is 1. The van der Waals surface area contributed by atoms with Crippen LogP contribution in [0.5, 0.6) is 5.88 Å². The van der Waals surface area contributed by atoms with E-state index in [1.54, 1.807) is 17.3 Å². The van der Waals surface area contributed by atoms with Gasteiger partial charge in [0.15, 0.2) is 0 Å². The second-order valence-electron chi connectivity index (χ2n) is 6.37. The van der Waals surface area contributed by atoms with Crippen molar-refractivity contribution in [2.45, 2.75) is 31.0 Å². The molecule has 23 heavy (non-hydrogen) atoms. The molecule has 7 heteroatoms. The SMILES string of the molecule is O=C(O)N1C2CCC1C1COc3nccc4ccnc(c34)N1C2. The zero-order valence-corrected chi connectivity index (χ0v) is 12.4. The van der Waals surface area contributed by atoms with Gasteiger partial charge in [0.05, 0.1) is 23.5 Å². The molecule has 3 aliphatic heterocycles. The second-order valence-corrected chi connectivity index (χ2v) is 6.37. The molecule has 5 rings (SSSR count). The summed E-state index contributed by atoms with van der Waals surface area (Å²) in [4.78, 5) is 24.4. The number of nitrogens with zero attached hydrogens (tertiary/aromatic N) is 4. The van der Waals surface area contributed by atoms with Gasteiger partial charge in [0.25, 0.3) is 0 Å². The number of carbonyl (C=O) groups is 1. The van der Waals surface area contributed by atoms with E-state index in [4.69, 9.17) is 4.74 Å². The molecule has 1 N–H and O–H groups in total. The van der Waals surface area contributed by atoms with Gasteiger partial charge in [-0.15, -0.1) is 0 Å². The lowest BCUT2D eigenvalue weighted by molar-refractivity contribution is 0.0908. The molecular weight excluding hydrogens is 296 g/mol. The Balaban J connectivity index is 1.67. The van der Waals surface area contributed by atoms with Crippen molar-refractivity contribution in [2.24, 2.45) is 0 Å². The molecular formula is C16H16N4O3. The molecule has 7 nitrogen and oxygen atoms in total. The Bertz CT molecular complexity index is 806. The predicted octanol–water partition coefficient (Wildman–Crippen LogP) is 1.72. The minimum absolute atomic E-state index is 0.0165. The number of fused-ring (bicyclic) bond motifs is 5. The Hall–Kier alpha value is -2.57. The van der Waals surface area contributed by atoms with Gasteiger partial charge in [0.2, 0.25) is 5.88 Å². The number of amides is 1.